The number of nitrogens with two attached hydrogens (primary N) is 1. The molecule has 1 aromatic carbocycles. The van der Waals surface area contributed by atoms with Crippen molar-refractivity contribution in [1.82, 2.24) is 14.7 Å². The zero-order valence-corrected chi connectivity index (χ0v) is 14.6. The van der Waals surface area contributed by atoms with Crippen molar-refractivity contribution < 1.29 is 4.79 Å². The van der Waals surface area contributed by atoms with E-state index >= 15 is 0 Å². The number of aliphatic imine (C=N–C) groups is 1. The van der Waals surface area contributed by atoms with Crippen LogP contribution in [0.5, 0.6) is 0 Å². The normalized spacial score (nSPS) is 23.9. The van der Waals surface area contributed by atoms with Crippen molar-refractivity contribution in [3.05, 3.63) is 52.3 Å². The molecule has 1 aliphatic heterocycles. The molecule has 2 unspecified atom stereocenters. The van der Waals surface area contributed by atoms with Crippen molar-refractivity contribution >= 4 is 28.2 Å². The summed E-state index contributed by atoms with van der Waals surface area (Å²) in [5.74, 6) is 0.339. The summed E-state index contributed by atoms with van der Waals surface area (Å²) < 4.78 is 2.74. The Balaban J connectivity index is 2.28. The summed E-state index contributed by atoms with van der Waals surface area (Å²) in [7, 11) is 1.78. The highest BCUT2D eigenvalue weighted by atomic mass is 79.9. The van der Waals surface area contributed by atoms with Crippen LogP contribution >= 0.6 is 15.9 Å². The molecule has 0 saturated carbocycles. The van der Waals surface area contributed by atoms with Crippen molar-refractivity contribution in [2.24, 2.45) is 10.7 Å². The van der Waals surface area contributed by atoms with Crippen LogP contribution in [0.3, 0.4) is 0 Å². The fraction of sp³-hybridized carbons (Fsp3) is 0.312. The van der Waals surface area contributed by atoms with Crippen molar-refractivity contribution in [2.75, 3.05) is 7.05 Å². The number of likely N-dealkylation sites (N-methyl/N-ethyl adjacent to an activating group) is 1. The van der Waals surface area contributed by atoms with Crippen molar-refractivity contribution in [3.8, 4) is 0 Å². The molecular weight excluding hydrogens is 358 g/mol. The zero-order chi connectivity index (χ0) is 16.6. The molecule has 23 heavy (non-hydrogen) atoms. The van der Waals surface area contributed by atoms with Gasteiger partial charge in [-0.3, -0.25) is 4.68 Å². The van der Waals surface area contributed by atoms with E-state index < -0.39 is 11.6 Å². The molecule has 0 bridgehead atoms. The molecule has 0 radical (unpaired) electrons. The molecule has 2 heterocycles. The number of nitrogens with zero attached hydrogens (tertiary/aromatic N) is 4. The second-order valence-corrected chi connectivity index (χ2v) is 6.44. The van der Waals surface area contributed by atoms with E-state index in [-0.39, 0.29) is 0 Å². The lowest BCUT2D eigenvalue weighted by molar-refractivity contribution is -0.111. The van der Waals surface area contributed by atoms with Crippen LogP contribution in [0, 0.1) is 0 Å². The second kappa shape index (κ2) is 5.81. The summed E-state index contributed by atoms with van der Waals surface area (Å²) in [4.78, 5) is 18.3. The Labute approximate surface area is 143 Å². The summed E-state index contributed by atoms with van der Waals surface area (Å²) in [6.07, 6.45) is 4.58. The number of hydrogen-bond acceptors (Lipinski definition) is 5. The second-order valence-electron chi connectivity index (χ2n) is 5.52. The van der Waals surface area contributed by atoms with Gasteiger partial charge in [0.15, 0.2) is 5.96 Å². The summed E-state index contributed by atoms with van der Waals surface area (Å²) in [5.41, 5.74) is 6.90. The first-order valence-corrected chi connectivity index (χ1v) is 8.14. The number of benzene rings is 1. The molecule has 0 saturated heterocycles. The Morgan fingerprint density at radius 3 is 2.83 bits per heavy atom. The largest absolute Gasteiger partial charge is 0.370 e. The highest BCUT2D eigenvalue weighted by Gasteiger charge is 2.50. The highest BCUT2D eigenvalue weighted by Crippen LogP contribution is 2.42. The van der Waals surface area contributed by atoms with Gasteiger partial charge in [-0.05, 0) is 24.6 Å². The number of guanidine groups is 1. The zero-order valence-electron chi connectivity index (χ0n) is 13.0. The van der Waals surface area contributed by atoms with Gasteiger partial charge in [0.1, 0.15) is 17.9 Å². The van der Waals surface area contributed by atoms with Crippen LogP contribution in [0.15, 0.2) is 46.1 Å². The molecule has 0 amide bonds. The van der Waals surface area contributed by atoms with Crippen molar-refractivity contribution in [2.45, 2.75) is 25.0 Å². The molecular formula is C16H18BrN5O. The van der Waals surface area contributed by atoms with Gasteiger partial charge in [-0.2, -0.15) is 5.10 Å². The van der Waals surface area contributed by atoms with Gasteiger partial charge in [0.2, 0.25) is 0 Å². The number of aldehydes is 1. The average molecular weight is 376 g/mol. The minimum atomic E-state index is -0.891. The Morgan fingerprint density at radius 2 is 2.22 bits per heavy atom. The minimum Gasteiger partial charge on any atom is -0.370 e. The summed E-state index contributed by atoms with van der Waals surface area (Å²) in [5, 5.41) is 4.35. The standard InChI is InChI=1S/C16H18BrN5O/c1-3-22-9-12(8-19-22)16(11-5-4-6-13(17)7-11)14(10-23)21(2)15(18)20-16/h4-10,14H,3H2,1-2H3,(H2,18,20). The van der Waals surface area contributed by atoms with Gasteiger partial charge < -0.3 is 15.4 Å². The van der Waals surface area contributed by atoms with E-state index in [0.29, 0.717) is 5.96 Å². The Bertz CT molecular complexity index is 771. The van der Waals surface area contributed by atoms with Gasteiger partial charge in [-0.1, -0.05) is 28.1 Å². The van der Waals surface area contributed by atoms with E-state index in [0.717, 1.165) is 28.4 Å². The van der Waals surface area contributed by atoms with Crippen LogP contribution in [0.25, 0.3) is 0 Å². The van der Waals surface area contributed by atoms with E-state index in [1.54, 1.807) is 18.1 Å². The smallest absolute Gasteiger partial charge is 0.193 e. The van der Waals surface area contributed by atoms with Gasteiger partial charge in [-0.15, -0.1) is 0 Å². The monoisotopic (exact) mass is 375 g/mol. The first-order valence-electron chi connectivity index (χ1n) is 7.35. The Hall–Kier alpha value is -2.15. The number of carbonyl (C=O) groups excluding carboxylic acids is 1. The van der Waals surface area contributed by atoms with Crippen molar-refractivity contribution in [1.29, 1.82) is 0 Å². The van der Waals surface area contributed by atoms with Gasteiger partial charge in [0.25, 0.3) is 0 Å². The molecule has 3 rings (SSSR count). The molecule has 1 aromatic heterocycles. The third-order valence-electron chi connectivity index (χ3n) is 4.29. The predicted molar refractivity (Wildman–Crippen MR) is 92.1 cm³/mol. The van der Waals surface area contributed by atoms with Gasteiger partial charge in [0, 0.05) is 29.8 Å². The number of aryl methyl sites for hydroxylation is 1. The lowest BCUT2D eigenvalue weighted by atomic mass is 9.79. The molecule has 120 valence electrons. The lowest BCUT2D eigenvalue weighted by Crippen LogP contribution is -2.46. The maximum atomic E-state index is 11.9. The molecule has 0 aliphatic carbocycles. The van der Waals surface area contributed by atoms with E-state index in [4.69, 9.17) is 10.7 Å². The predicted octanol–water partition coefficient (Wildman–Crippen LogP) is 1.74. The molecule has 1 aliphatic rings. The fourth-order valence-electron chi connectivity index (χ4n) is 3.03. The number of carbonyl (C=O) groups is 1. The van der Waals surface area contributed by atoms with Crippen LogP contribution < -0.4 is 5.73 Å². The van der Waals surface area contributed by atoms with Crippen LogP contribution in [-0.4, -0.2) is 40.0 Å². The SMILES string of the molecule is CCn1cc(C2(c3cccc(Br)c3)N=C(N)N(C)C2C=O)cn1. The van der Waals surface area contributed by atoms with Gasteiger partial charge in [-0.25, -0.2) is 4.99 Å². The third kappa shape index (κ3) is 2.35. The van der Waals surface area contributed by atoms with Crippen LogP contribution in [0.1, 0.15) is 18.1 Å². The number of rotatable bonds is 4. The average Bonchev–Trinajstić information content (AvgIpc) is 3.12. The van der Waals surface area contributed by atoms with Crippen molar-refractivity contribution in [3.63, 3.8) is 0 Å². The maximum absolute atomic E-state index is 11.9. The van der Waals surface area contributed by atoms with E-state index in [9.17, 15) is 4.79 Å². The molecule has 2 aromatic rings. The molecule has 7 heteroatoms. The van der Waals surface area contributed by atoms with Crippen LogP contribution in [-0.2, 0) is 16.9 Å². The lowest BCUT2D eigenvalue weighted by Gasteiger charge is -2.32. The molecule has 2 N–H and O–H groups in total. The summed E-state index contributed by atoms with van der Waals surface area (Å²) in [6, 6.07) is 7.27. The van der Waals surface area contributed by atoms with Crippen LogP contribution in [0.4, 0.5) is 0 Å². The van der Waals surface area contributed by atoms with E-state index in [1.807, 2.05) is 42.1 Å². The van der Waals surface area contributed by atoms with E-state index in [2.05, 4.69) is 21.0 Å². The third-order valence-corrected chi connectivity index (χ3v) is 4.78. The topological polar surface area (TPSA) is 76.5 Å². The Kier molecular flexibility index (Phi) is 3.97. The summed E-state index contributed by atoms with van der Waals surface area (Å²) in [6.45, 7) is 2.76. The quantitative estimate of drug-likeness (QED) is 0.825. The molecule has 2 atom stereocenters. The maximum Gasteiger partial charge on any atom is 0.193 e. The minimum absolute atomic E-state index is 0.339. The number of halogens is 1. The molecule has 6 nitrogen and oxygen atoms in total. The molecule has 0 spiro atoms. The number of hydrogen-bond donors (Lipinski definition) is 1. The Morgan fingerprint density at radius 1 is 1.43 bits per heavy atom. The van der Waals surface area contributed by atoms with Crippen LogP contribution in [0.2, 0.25) is 0 Å². The number of aromatic nitrogens is 2. The van der Waals surface area contributed by atoms with Gasteiger partial charge >= 0.3 is 0 Å². The highest BCUT2D eigenvalue weighted by molar-refractivity contribution is 9.10. The summed E-state index contributed by atoms with van der Waals surface area (Å²) >= 11 is 3.49. The first-order chi connectivity index (χ1) is 11.0. The molecule has 0 fully saturated rings. The van der Waals surface area contributed by atoms with Gasteiger partial charge in [0.05, 0.1) is 6.20 Å². The first kappa shape index (κ1) is 15.7. The van der Waals surface area contributed by atoms with E-state index in [1.165, 1.54) is 0 Å². The fourth-order valence-corrected chi connectivity index (χ4v) is 3.43.